The summed E-state index contributed by atoms with van der Waals surface area (Å²) in [5.41, 5.74) is 0.853. The summed E-state index contributed by atoms with van der Waals surface area (Å²) in [6.07, 6.45) is 0. The number of alkyl halides is 4. The molecule has 0 radical (unpaired) electrons. The summed E-state index contributed by atoms with van der Waals surface area (Å²) in [6.45, 7) is 0. The Labute approximate surface area is 122 Å². The summed E-state index contributed by atoms with van der Waals surface area (Å²) in [4.78, 5) is -1.64. The Morgan fingerprint density at radius 2 is 1.00 bits per heavy atom. The van der Waals surface area contributed by atoms with Crippen molar-refractivity contribution < 1.29 is 0 Å². The maximum Gasteiger partial charge on any atom is 0.134 e. The van der Waals surface area contributed by atoms with Gasteiger partial charge in [-0.2, -0.15) is 0 Å². The molecule has 0 N–H and O–H groups in total. The molecule has 1 rings (SSSR count). The molecule has 7 heteroatoms. The smallest absolute Gasteiger partial charge is 0.100 e. The molecule has 84 valence electrons. The van der Waals surface area contributed by atoms with E-state index in [0.717, 1.165) is 0 Å². The Kier molecular flexibility index (Phi) is 5.47. The normalized spacial score (nSPS) is 11.5. The fourth-order valence-electron chi connectivity index (χ4n) is 0.962. The van der Waals surface area contributed by atoms with Gasteiger partial charge in [0.05, 0.1) is 15.1 Å². The number of rotatable bonds is 2. The van der Waals surface area contributed by atoms with Gasteiger partial charge < -0.3 is 0 Å². The van der Waals surface area contributed by atoms with Crippen molar-refractivity contribution in [2.75, 3.05) is 0 Å². The van der Waals surface area contributed by atoms with Gasteiger partial charge in [-0.25, -0.2) is 0 Å². The lowest BCUT2D eigenvalue weighted by molar-refractivity contribution is 1.27. The minimum absolute atomic E-state index is 0.142. The van der Waals surface area contributed by atoms with Gasteiger partial charge in [0.2, 0.25) is 0 Å². The zero-order chi connectivity index (χ0) is 11.7. The van der Waals surface area contributed by atoms with Gasteiger partial charge in [-0.3, -0.25) is 0 Å². The number of hydrogen-bond donors (Lipinski definition) is 0. The quantitative estimate of drug-likeness (QED) is 0.418. The van der Waals surface area contributed by atoms with Crippen molar-refractivity contribution >= 4 is 81.2 Å². The topological polar surface area (TPSA) is 0 Å². The lowest BCUT2D eigenvalue weighted by Gasteiger charge is -2.13. The van der Waals surface area contributed by atoms with Crippen molar-refractivity contribution in [3.8, 4) is 0 Å². The van der Waals surface area contributed by atoms with Crippen LogP contribution in [0.25, 0.3) is 0 Å². The summed E-state index contributed by atoms with van der Waals surface area (Å²) >= 11 is 40.5. The van der Waals surface area contributed by atoms with E-state index in [4.69, 9.17) is 81.2 Å². The summed E-state index contributed by atoms with van der Waals surface area (Å²) in [6, 6.07) is 1.53. The fourth-order valence-corrected chi connectivity index (χ4v) is 2.66. The molecule has 0 bridgehead atoms. The molecule has 0 unspecified atom stereocenters. The van der Waals surface area contributed by atoms with Crippen molar-refractivity contribution in [1.82, 2.24) is 0 Å². The zero-order valence-electron chi connectivity index (χ0n) is 6.88. The first-order valence-electron chi connectivity index (χ1n) is 3.59. The predicted octanol–water partition coefficient (Wildman–Crippen LogP) is 6.60. The molecule has 0 aliphatic rings. The average Bonchev–Trinajstić information content (AvgIpc) is 2.13. The van der Waals surface area contributed by atoms with Crippen molar-refractivity contribution in [2.45, 2.75) is 9.67 Å². The van der Waals surface area contributed by atoms with Crippen LogP contribution in [0.5, 0.6) is 0 Å². The van der Waals surface area contributed by atoms with Crippen molar-refractivity contribution in [3.05, 3.63) is 32.3 Å². The summed E-state index contributed by atoms with van der Waals surface area (Å²) in [5.74, 6) is 0. The third-order valence-electron chi connectivity index (χ3n) is 1.67. The van der Waals surface area contributed by atoms with E-state index in [0.29, 0.717) is 11.1 Å². The molecule has 0 amide bonds. The van der Waals surface area contributed by atoms with E-state index in [-0.39, 0.29) is 15.1 Å². The molecule has 0 saturated carbocycles. The second-order valence-corrected chi connectivity index (χ2v) is 5.92. The van der Waals surface area contributed by atoms with Gasteiger partial charge in [0.1, 0.15) is 9.67 Å². The standard InChI is InChI=1S/C8H3Cl7/c9-4-2(7(12)13)1-3(8(14)15)5(10)6(4)11/h1,7-8H. The molecular formula is C8H3Cl7. The highest BCUT2D eigenvalue weighted by molar-refractivity contribution is 6.52. The van der Waals surface area contributed by atoms with Crippen molar-refractivity contribution in [1.29, 1.82) is 0 Å². The number of hydrogen-bond acceptors (Lipinski definition) is 0. The highest BCUT2D eigenvalue weighted by atomic mass is 35.5. The van der Waals surface area contributed by atoms with Crippen LogP contribution in [0.3, 0.4) is 0 Å². The Bertz CT molecular complexity index is 339. The van der Waals surface area contributed by atoms with Gasteiger partial charge >= 0.3 is 0 Å². The maximum absolute atomic E-state index is 5.90. The van der Waals surface area contributed by atoms with E-state index in [1.165, 1.54) is 6.07 Å². The largest absolute Gasteiger partial charge is 0.134 e. The molecule has 0 nitrogen and oxygen atoms in total. The Hall–Kier alpha value is 1.25. The molecule has 0 aliphatic heterocycles. The van der Waals surface area contributed by atoms with E-state index in [2.05, 4.69) is 0 Å². The van der Waals surface area contributed by atoms with E-state index in [1.807, 2.05) is 0 Å². The first-order chi connectivity index (χ1) is 6.86. The second kappa shape index (κ2) is 5.73. The Morgan fingerprint density at radius 3 is 1.27 bits per heavy atom. The third-order valence-corrected chi connectivity index (χ3v) is 4.00. The van der Waals surface area contributed by atoms with E-state index in [9.17, 15) is 0 Å². The van der Waals surface area contributed by atoms with Crippen molar-refractivity contribution in [2.24, 2.45) is 0 Å². The van der Waals surface area contributed by atoms with Gasteiger partial charge in [0, 0.05) is 11.1 Å². The van der Waals surface area contributed by atoms with E-state index < -0.39 is 9.67 Å². The molecule has 0 heterocycles. The SMILES string of the molecule is Clc1c(C(Cl)Cl)cc(C(Cl)Cl)c(Cl)c1Cl. The second-order valence-electron chi connectivity index (χ2n) is 2.60. The monoisotopic (exact) mass is 344 g/mol. The highest BCUT2D eigenvalue weighted by Gasteiger charge is 2.20. The highest BCUT2D eigenvalue weighted by Crippen LogP contribution is 2.44. The lowest BCUT2D eigenvalue weighted by atomic mass is 10.1. The van der Waals surface area contributed by atoms with Crippen LogP contribution < -0.4 is 0 Å². The minimum Gasteiger partial charge on any atom is -0.100 e. The Balaban J connectivity index is 3.45. The van der Waals surface area contributed by atoms with Crippen molar-refractivity contribution in [3.63, 3.8) is 0 Å². The lowest BCUT2D eigenvalue weighted by Crippen LogP contribution is -1.92. The van der Waals surface area contributed by atoms with E-state index >= 15 is 0 Å². The number of halogens is 7. The molecule has 15 heavy (non-hydrogen) atoms. The molecule has 0 fully saturated rings. The molecule has 1 aromatic rings. The van der Waals surface area contributed by atoms with Crippen LogP contribution in [0.4, 0.5) is 0 Å². The van der Waals surface area contributed by atoms with Crippen LogP contribution >= 0.6 is 81.2 Å². The van der Waals surface area contributed by atoms with Gasteiger partial charge in [-0.1, -0.05) is 34.8 Å². The van der Waals surface area contributed by atoms with Crippen LogP contribution in [0, 0.1) is 0 Å². The van der Waals surface area contributed by atoms with Crippen LogP contribution in [0.15, 0.2) is 6.07 Å². The molecule has 1 aromatic carbocycles. The summed E-state index contributed by atoms with van der Waals surface area (Å²) in [5, 5.41) is 0.548. The first-order valence-corrected chi connectivity index (χ1v) is 6.47. The van der Waals surface area contributed by atoms with Gasteiger partial charge in [-0.15, -0.1) is 46.4 Å². The van der Waals surface area contributed by atoms with Crippen LogP contribution in [0.1, 0.15) is 20.8 Å². The third kappa shape index (κ3) is 3.13. The molecule has 0 saturated heterocycles. The summed E-state index contributed by atoms with van der Waals surface area (Å²) < 4.78 is 0. The van der Waals surface area contributed by atoms with Gasteiger partial charge in [-0.05, 0) is 6.07 Å². The maximum atomic E-state index is 5.90. The van der Waals surface area contributed by atoms with E-state index in [1.54, 1.807) is 0 Å². The van der Waals surface area contributed by atoms with Gasteiger partial charge in [0.15, 0.2) is 0 Å². The average molecular weight is 347 g/mol. The first kappa shape index (κ1) is 14.3. The zero-order valence-corrected chi connectivity index (χ0v) is 12.2. The minimum atomic E-state index is -0.821. The van der Waals surface area contributed by atoms with Gasteiger partial charge in [0.25, 0.3) is 0 Å². The molecule has 0 aliphatic carbocycles. The molecule has 0 aromatic heterocycles. The molecule has 0 spiro atoms. The predicted molar refractivity (Wildman–Crippen MR) is 70.4 cm³/mol. The van der Waals surface area contributed by atoms with Crippen LogP contribution in [-0.2, 0) is 0 Å². The Morgan fingerprint density at radius 1 is 0.667 bits per heavy atom. The molecular weight excluding hydrogens is 344 g/mol. The molecule has 0 atom stereocenters. The fraction of sp³-hybridized carbons (Fsp3) is 0.250. The summed E-state index contributed by atoms with van der Waals surface area (Å²) in [7, 11) is 0. The van der Waals surface area contributed by atoms with Crippen LogP contribution in [0.2, 0.25) is 15.1 Å². The number of benzene rings is 1. The van der Waals surface area contributed by atoms with Crippen LogP contribution in [-0.4, -0.2) is 0 Å².